The third-order valence-corrected chi connectivity index (χ3v) is 6.45. The summed E-state index contributed by atoms with van der Waals surface area (Å²) in [4.78, 5) is 19.8. The fourth-order valence-corrected chi connectivity index (χ4v) is 4.95. The van der Waals surface area contributed by atoms with Crippen molar-refractivity contribution in [1.82, 2.24) is 4.72 Å². The second-order valence-electron chi connectivity index (χ2n) is 5.79. The van der Waals surface area contributed by atoms with Gasteiger partial charge in [-0.15, -0.1) is 0 Å². The zero-order valence-electron chi connectivity index (χ0n) is 14.3. The van der Waals surface area contributed by atoms with Crippen molar-refractivity contribution in [3.63, 3.8) is 0 Å². The average Bonchev–Trinajstić information content (AvgIpc) is 2.66. The van der Waals surface area contributed by atoms with Crippen LogP contribution in [0.3, 0.4) is 0 Å². The van der Waals surface area contributed by atoms with E-state index in [2.05, 4.69) is 4.72 Å². The number of sulfonamides is 1. The summed E-state index contributed by atoms with van der Waals surface area (Å²) < 4.78 is 44.0. The van der Waals surface area contributed by atoms with Crippen molar-refractivity contribution < 1.29 is 27.3 Å². The second-order valence-corrected chi connectivity index (χ2v) is 9.34. The van der Waals surface area contributed by atoms with Gasteiger partial charge in [0.25, 0.3) is 5.69 Å². The van der Waals surface area contributed by atoms with Crippen molar-refractivity contribution in [1.29, 1.82) is 0 Å². The van der Waals surface area contributed by atoms with Gasteiger partial charge < -0.3 is 9.42 Å². The predicted octanol–water partition coefficient (Wildman–Crippen LogP) is 2.60. The van der Waals surface area contributed by atoms with Crippen LogP contribution in [0.2, 0.25) is 0 Å². The molecule has 29 heavy (non-hydrogen) atoms. The molecule has 0 radical (unpaired) electrons. The molecule has 0 amide bonds. The Morgan fingerprint density at radius 3 is 2.28 bits per heavy atom. The van der Waals surface area contributed by atoms with E-state index in [1.165, 1.54) is 12.1 Å². The Hall–Kier alpha value is -1.78. The number of non-ortho nitro benzene ring substituents is 1. The Labute approximate surface area is 188 Å². The molecule has 0 saturated carbocycles. The molecule has 9 nitrogen and oxygen atoms in total. The number of rotatable bonds is 7. The molecule has 0 aliphatic carbocycles. The quantitative estimate of drug-likeness (QED) is 0.246. The van der Waals surface area contributed by atoms with Crippen LogP contribution in [0, 0.1) is 10.1 Å². The van der Waals surface area contributed by atoms with Crippen LogP contribution < -0.4 is 9.25 Å². The van der Waals surface area contributed by atoms with E-state index in [-0.39, 0.29) is 45.9 Å². The van der Waals surface area contributed by atoms with Gasteiger partial charge >= 0.3 is 37.2 Å². The van der Waals surface area contributed by atoms with Crippen LogP contribution in [0.25, 0.3) is 10.8 Å². The van der Waals surface area contributed by atoms with Crippen molar-refractivity contribution in [2.24, 2.45) is 0 Å². The Bertz CT molecular complexity index is 1190. The number of nitro benzene ring substituents is 1. The Balaban J connectivity index is 0.00000300. The van der Waals surface area contributed by atoms with Crippen LogP contribution in [0.4, 0.5) is 5.69 Å². The average molecular weight is 446 g/mol. The van der Waals surface area contributed by atoms with Gasteiger partial charge in [0.2, 0.25) is 10.0 Å². The van der Waals surface area contributed by atoms with Crippen molar-refractivity contribution in [2.75, 3.05) is 6.29 Å². The summed E-state index contributed by atoms with van der Waals surface area (Å²) in [6.07, 6.45) is -0.862. The molecule has 0 aliphatic heterocycles. The zero-order valence-corrected chi connectivity index (χ0v) is 16.0. The van der Waals surface area contributed by atoms with E-state index < -0.39 is 28.8 Å². The third-order valence-electron chi connectivity index (χ3n) is 3.78. The summed E-state index contributed by atoms with van der Waals surface area (Å²) in [6, 6.07) is 16.2. The standard InChI is InChI=1S/C17H15N2O7PS.Na.H/c20-19(21)15-6-8-16(9-7-15)26-27(22,23)12-18-28(24,25)17-10-5-13-3-1-2-4-14(13)11-17;;/h1-11,18H,12H2,(H,22,23);;. The Morgan fingerprint density at radius 1 is 1.03 bits per heavy atom. The number of fused-ring (bicyclic) bond motifs is 1. The first-order valence-electron chi connectivity index (χ1n) is 7.91. The Kier molecular flexibility index (Phi) is 7.58. The fourth-order valence-electron chi connectivity index (χ4n) is 2.41. The Morgan fingerprint density at radius 2 is 1.66 bits per heavy atom. The minimum atomic E-state index is -4.38. The molecule has 148 valence electrons. The van der Waals surface area contributed by atoms with Crippen LogP contribution in [0.15, 0.2) is 71.6 Å². The molecule has 1 unspecified atom stereocenters. The van der Waals surface area contributed by atoms with Crippen LogP contribution >= 0.6 is 7.60 Å². The van der Waals surface area contributed by atoms with Crippen LogP contribution in [-0.2, 0) is 14.6 Å². The molecule has 0 saturated heterocycles. The van der Waals surface area contributed by atoms with Gasteiger partial charge in [-0.1, -0.05) is 30.3 Å². The normalized spacial score (nSPS) is 13.3. The number of nitrogens with zero attached hydrogens (tertiary/aromatic N) is 1. The molecule has 2 N–H and O–H groups in total. The van der Waals surface area contributed by atoms with Gasteiger partial charge in [0.15, 0.2) is 0 Å². The third kappa shape index (κ3) is 6.10. The summed E-state index contributed by atoms with van der Waals surface area (Å²) in [6.45, 7) is 0. The summed E-state index contributed by atoms with van der Waals surface area (Å²) in [5.41, 5.74) is -0.211. The van der Waals surface area contributed by atoms with Gasteiger partial charge in [-0.2, -0.15) is 4.72 Å². The van der Waals surface area contributed by atoms with Gasteiger partial charge in [-0.25, -0.2) is 13.0 Å². The van der Waals surface area contributed by atoms with Crippen molar-refractivity contribution in [2.45, 2.75) is 4.90 Å². The molecular formula is C17H16N2NaO7PS. The van der Waals surface area contributed by atoms with Gasteiger partial charge in [0.1, 0.15) is 12.0 Å². The zero-order chi connectivity index (χ0) is 20.4. The van der Waals surface area contributed by atoms with Crippen LogP contribution in [0.5, 0.6) is 5.75 Å². The van der Waals surface area contributed by atoms with Crippen LogP contribution in [0.1, 0.15) is 0 Å². The molecule has 3 rings (SSSR count). The topological polar surface area (TPSA) is 136 Å². The summed E-state index contributed by atoms with van der Waals surface area (Å²) in [5, 5.41) is 12.2. The molecule has 12 heteroatoms. The first kappa shape index (κ1) is 23.5. The number of nitro groups is 1. The van der Waals surface area contributed by atoms with E-state index in [1.807, 2.05) is 12.1 Å². The molecular weight excluding hydrogens is 430 g/mol. The molecule has 0 bridgehead atoms. The van der Waals surface area contributed by atoms with Crippen molar-refractivity contribution in [3.8, 4) is 5.75 Å². The van der Waals surface area contributed by atoms with E-state index in [9.17, 15) is 28.0 Å². The summed E-state index contributed by atoms with van der Waals surface area (Å²) >= 11 is 0. The number of nitrogens with one attached hydrogen (secondary N) is 1. The maximum atomic E-state index is 12.4. The van der Waals surface area contributed by atoms with Gasteiger partial charge in [0, 0.05) is 12.1 Å². The van der Waals surface area contributed by atoms with E-state index in [4.69, 9.17) is 4.52 Å². The van der Waals surface area contributed by atoms with Crippen LogP contribution in [-0.4, -0.2) is 54.1 Å². The van der Waals surface area contributed by atoms with Gasteiger partial charge in [0.05, 0.1) is 9.82 Å². The second kappa shape index (κ2) is 9.36. The first-order valence-corrected chi connectivity index (χ1v) is 11.2. The molecule has 3 aromatic rings. The van der Waals surface area contributed by atoms with Crippen molar-refractivity contribution >= 4 is 63.6 Å². The fraction of sp³-hybridized carbons (Fsp3) is 0.0588. The van der Waals surface area contributed by atoms with Gasteiger partial charge in [-0.3, -0.25) is 10.1 Å². The molecule has 0 fully saturated rings. The van der Waals surface area contributed by atoms with E-state index in [0.717, 1.165) is 29.7 Å². The minimum absolute atomic E-state index is 0. The summed E-state index contributed by atoms with van der Waals surface area (Å²) in [7, 11) is -8.43. The molecule has 1 atom stereocenters. The van der Waals surface area contributed by atoms with E-state index >= 15 is 0 Å². The number of hydrogen-bond donors (Lipinski definition) is 2. The first-order chi connectivity index (χ1) is 13.2. The number of hydrogen-bond acceptors (Lipinski definition) is 6. The molecule has 0 spiro atoms. The molecule has 0 aliphatic rings. The molecule has 3 aromatic carbocycles. The molecule has 0 heterocycles. The summed E-state index contributed by atoms with van der Waals surface area (Å²) in [5.74, 6) is -0.0960. The SMILES string of the molecule is O=[N+]([O-])c1ccc(OP(=O)(O)CNS(=O)(=O)c2ccc3ccccc3c2)cc1.[NaH]. The predicted molar refractivity (Wildman–Crippen MR) is 110 cm³/mol. The molecule has 0 aromatic heterocycles. The van der Waals surface area contributed by atoms with E-state index in [1.54, 1.807) is 18.2 Å². The number of benzene rings is 3. The van der Waals surface area contributed by atoms with Gasteiger partial charge in [-0.05, 0) is 35.0 Å². The monoisotopic (exact) mass is 446 g/mol. The van der Waals surface area contributed by atoms with Crippen molar-refractivity contribution in [3.05, 3.63) is 76.8 Å². The van der Waals surface area contributed by atoms with E-state index in [0.29, 0.717) is 5.39 Å². The maximum absolute atomic E-state index is 12.4.